The van der Waals surface area contributed by atoms with E-state index in [1.165, 1.54) is 17.1 Å². The summed E-state index contributed by atoms with van der Waals surface area (Å²) in [7, 11) is 0. The van der Waals surface area contributed by atoms with E-state index in [0.29, 0.717) is 0 Å². The van der Waals surface area contributed by atoms with Gasteiger partial charge >= 0.3 is 12.1 Å². The van der Waals surface area contributed by atoms with E-state index < -0.39 is 24.6 Å². The van der Waals surface area contributed by atoms with Crippen molar-refractivity contribution in [3.8, 4) is 0 Å². The fourth-order valence-corrected chi connectivity index (χ4v) is 1.85. The maximum absolute atomic E-state index is 11.3. The minimum absolute atomic E-state index is 0.182. The van der Waals surface area contributed by atoms with Crippen LogP contribution in [0.1, 0.15) is 12.8 Å². The van der Waals surface area contributed by atoms with Crippen LogP contribution in [0.3, 0.4) is 0 Å². The molecule has 0 saturated carbocycles. The van der Waals surface area contributed by atoms with Crippen molar-refractivity contribution >= 4 is 18.0 Å². The molecule has 0 aromatic rings. The Morgan fingerprint density at radius 1 is 1.47 bits per heavy atom. The minimum Gasteiger partial charge on any atom is -0.478 e. The Hall–Kier alpha value is -2.51. The lowest BCUT2D eigenvalue weighted by atomic mass is 10.2. The minimum atomic E-state index is -1.51. The summed E-state index contributed by atoms with van der Waals surface area (Å²) >= 11 is 0. The molecule has 2 heterocycles. The molecule has 0 aliphatic carbocycles. The summed E-state index contributed by atoms with van der Waals surface area (Å²) < 4.78 is 9.94. The van der Waals surface area contributed by atoms with Gasteiger partial charge in [-0.3, -0.25) is 9.69 Å². The molecule has 2 rings (SSSR count). The molecule has 2 N–H and O–H groups in total. The Morgan fingerprint density at radius 2 is 2.21 bits per heavy atom. The number of carboxylic acids is 1. The number of carboxylic acid groups (broad SMARTS) is 2. The second-order valence-corrected chi connectivity index (χ2v) is 3.90. The number of carbonyl (C=O) groups is 3. The number of hydrogen-bond donors (Lipinski definition) is 2. The molecule has 0 bridgehead atoms. The van der Waals surface area contributed by atoms with Crippen molar-refractivity contribution in [2.75, 3.05) is 0 Å². The van der Waals surface area contributed by atoms with Crippen LogP contribution in [0.15, 0.2) is 24.0 Å². The summed E-state index contributed by atoms with van der Waals surface area (Å²) in [6.07, 6.45) is 1.14. The van der Waals surface area contributed by atoms with Crippen molar-refractivity contribution in [1.82, 2.24) is 4.90 Å². The molecule has 1 amide bonds. The van der Waals surface area contributed by atoms with Gasteiger partial charge in [-0.25, -0.2) is 9.59 Å². The fraction of sp³-hybridized carbons (Fsp3) is 0.364. The van der Waals surface area contributed by atoms with Gasteiger partial charge < -0.3 is 19.7 Å². The molecule has 102 valence electrons. The molecule has 1 unspecified atom stereocenters. The second kappa shape index (κ2) is 5.01. The summed E-state index contributed by atoms with van der Waals surface area (Å²) in [5.41, 5.74) is 0. The Kier molecular flexibility index (Phi) is 3.41. The molecule has 2 saturated heterocycles. The molecule has 2 fully saturated rings. The average Bonchev–Trinajstić information content (AvgIpc) is 2.55. The molecule has 19 heavy (non-hydrogen) atoms. The van der Waals surface area contributed by atoms with Crippen LogP contribution in [0.25, 0.3) is 0 Å². The van der Waals surface area contributed by atoms with Gasteiger partial charge in [0.2, 0.25) is 12.1 Å². The molecule has 0 aromatic heterocycles. The second-order valence-electron chi connectivity index (χ2n) is 3.90. The number of ether oxygens (including phenoxy) is 2. The first-order valence-electron chi connectivity index (χ1n) is 5.46. The Morgan fingerprint density at radius 3 is 2.79 bits per heavy atom. The van der Waals surface area contributed by atoms with E-state index in [0.717, 1.165) is 6.08 Å². The first-order chi connectivity index (χ1) is 8.99. The molecule has 0 radical (unpaired) electrons. The maximum atomic E-state index is 11.3. The number of nitrogens with zero attached hydrogens (tertiary/aromatic N) is 1. The van der Waals surface area contributed by atoms with Crippen LogP contribution >= 0.6 is 0 Å². The number of allylic oxidation sites excluding steroid dienone is 2. The van der Waals surface area contributed by atoms with Crippen molar-refractivity contribution < 1.29 is 34.1 Å². The Balaban J connectivity index is 2.05. The van der Waals surface area contributed by atoms with Crippen molar-refractivity contribution in [1.29, 1.82) is 0 Å². The number of aliphatic carboxylic acids is 1. The van der Waals surface area contributed by atoms with Gasteiger partial charge in [0.05, 0.1) is 6.42 Å². The van der Waals surface area contributed by atoms with Gasteiger partial charge in [-0.2, -0.15) is 0 Å². The van der Waals surface area contributed by atoms with Crippen LogP contribution < -0.4 is 0 Å². The highest BCUT2D eigenvalue weighted by atomic mass is 16.7. The normalized spacial score (nSPS) is 27.1. The van der Waals surface area contributed by atoms with Crippen LogP contribution in [-0.4, -0.2) is 45.6 Å². The quantitative estimate of drug-likeness (QED) is 0.434. The van der Waals surface area contributed by atoms with Crippen LogP contribution in [0.5, 0.6) is 0 Å². The molecule has 8 heteroatoms. The predicted octanol–water partition coefficient (Wildman–Crippen LogP) is 0.511. The van der Waals surface area contributed by atoms with Crippen molar-refractivity contribution in [3.63, 3.8) is 0 Å². The standard InChI is InChI=1S/C11H11NO7/c13-7-5-8-12(7)10(19-11(16)17)6(18-8)3-1-2-4-9(14)15/h2-4,8,10H,1,5H2,(H,14,15)(H,16,17)/t8-,10?/m1/s1. The third kappa shape index (κ3) is 2.67. The van der Waals surface area contributed by atoms with Gasteiger partial charge in [-0.1, -0.05) is 6.08 Å². The topological polar surface area (TPSA) is 113 Å². The van der Waals surface area contributed by atoms with Gasteiger partial charge in [0, 0.05) is 6.08 Å². The third-order valence-electron chi connectivity index (χ3n) is 2.64. The van der Waals surface area contributed by atoms with Crippen molar-refractivity contribution in [2.24, 2.45) is 0 Å². The summed E-state index contributed by atoms with van der Waals surface area (Å²) in [6.45, 7) is 0. The monoisotopic (exact) mass is 269 g/mol. The average molecular weight is 269 g/mol. The van der Waals surface area contributed by atoms with Crippen LogP contribution in [0.2, 0.25) is 0 Å². The molecule has 0 spiro atoms. The summed E-state index contributed by atoms with van der Waals surface area (Å²) in [5, 5.41) is 17.0. The lowest BCUT2D eigenvalue weighted by Gasteiger charge is -2.33. The molecular formula is C11H11NO7. The molecule has 8 nitrogen and oxygen atoms in total. The van der Waals surface area contributed by atoms with Gasteiger partial charge in [-0.15, -0.1) is 0 Å². The van der Waals surface area contributed by atoms with E-state index in [9.17, 15) is 14.4 Å². The van der Waals surface area contributed by atoms with Gasteiger partial charge in [0.25, 0.3) is 0 Å². The number of β-lactam (4-membered cyclic amide) rings is 1. The molecule has 2 aliphatic rings. The predicted molar refractivity (Wildman–Crippen MR) is 58.7 cm³/mol. The van der Waals surface area contributed by atoms with E-state index in [-0.39, 0.29) is 24.5 Å². The number of fused-ring (bicyclic) bond motifs is 1. The summed E-state index contributed by atoms with van der Waals surface area (Å²) in [5.74, 6) is -1.13. The number of hydrogen-bond acceptors (Lipinski definition) is 5. The first-order valence-corrected chi connectivity index (χ1v) is 5.46. The molecule has 2 atom stereocenters. The first kappa shape index (κ1) is 12.9. The van der Waals surface area contributed by atoms with Crippen LogP contribution in [0.4, 0.5) is 4.79 Å². The summed E-state index contributed by atoms with van der Waals surface area (Å²) in [6, 6.07) is 0. The SMILES string of the molecule is O=C(O)C=CCC=C1O[C@@H]2CC(=O)N2C1OC(=O)O. The third-order valence-corrected chi connectivity index (χ3v) is 2.64. The Labute approximate surface area is 107 Å². The number of carbonyl (C=O) groups excluding carboxylic acids is 1. The highest BCUT2D eigenvalue weighted by Crippen LogP contribution is 2.36. The highest BCUT2D eigenvalue weighted by molar-refractivity contribution is 5.84. The van der Waals surface area contributed by atoms with Crippen molar-refractivity contribution in [2.45, 2.75) is 25.3 Å². The van der Waals surface area contributed by atoms with Gasteiger partial charge in [0.1, 0.15) is 0 Å². The zero-order valence-corrected chi connectivity index (χ0v) is 9.68. The maximum Gasteiger partial charge on any atom is 0.508 e. The number of amides is 1. The van der Waals surface area contributed by atoms with E-state index in [1.807, 2.05) is 0 Å². The zero-order chi connectivity index (χ0) is 14.0. The largest absolute Gasteiger partial charge is 0.508 e. The lowest BCUT2D eigenvalue weighted by Crippen LogP contribution is -2.53. The summed E-state index contributed by atoms with van der Waals surface area (Å²) in [4.78, 5) is 33.4. The van der Waals surface area contributed by atoms with Gasteiger partial charge in [-0.05, 0) is 12.5 Å². The van der Waals surface area contributed by atoms with Crippen LogP contribution in [0, 0.1) is 0 Å². The fourth-order valence-electron chi connectivity index (χ4n) is 1.85. The van der Waals surface area contributed by atoms with Crippen LogP contribution in [-0.2, 0) is 19.1 Å². The van der Waals surface area contributed by atoms with E-state index in [4.69, 9.17) is 14.9 Å². The zero-order valence-electron chi connectivity index (χ0n) is 9.68. The highest BCUT2D eigenvalue weighted by Gasteiger charge is 2.52. The van der Waals surface area contributed by atoms with Gasteiger partial charge in [0.15, 0.2) is 12.0 Å². The number of rotatable bonds is 4. The molecule has 2 aliphatic heterocycles. The smallest absolute Gasteiger partial charge is 0.478 e. The van der Waals surface area contributed by atoms with E-state index >= 15 is 0 Å². The Bertz CT molecular complexity index is 481. The van der Waals surface area contributed by atoms with E-state index in [1.54, 1.807) is 0 Å². The van der Waals surface area contributed by atoms with Crippen molar-refractivity contribution in [3.05, 3.63) is 24.0 Å². The lowest BCUT2D eigenvalue weighted by molar-refractivity contribution is -0.164. The molecular weight excluding hydrogens is 258 g/mol. The van der Waals surface area contributed by atoms with E-state index in [2.05, 4.69) is 4.74 Å². The molecule has 0 aromatic carbocycles.